The van der Waals surface area contributed by atoms with E-state index >= 15 is 0 Å². The Balaban J connectivity index is 2.30. The lowest BCUT2D eigenvalue weighted by atomic mass is 9.84. The molecule has 1 rings (SSSR count). The number of amides is 2. The molecule has 4 nitrogen and oxygen atoms in total. The normalized spacial score (nSPS) is 16.8. The molecule has 0 aromatic heterocycles. The molecule has 1 saturated heterocycles. The summed E-state index contributed by atoms with van der Waals surface area (Å²) in [7, 11) is 0. The number of nitrogens with zero attached hydrogens (tertiary/aromatic N) is 1. The molecule has 4 heteroatoms. The van der Waals surface area contributed by atoms with E-state index in [0.717, 1.165) is 32.4 Å². The van der Waals surface area contributed by atoms with Crippen LogP contribution in [0.4, 0.5) is 0 Å². The molecule has 1 atom stereocenters. The van der Waals surface area contributed by atoms with Gasteiger partial charge in [-0.15, -0.1) is 0 Å². The molecule has 1 heterocycles. The molecule has 1 aliphatic rings. The third-order valence-electron chi connectivity index (χ3n) is 4.88. The first-order chi connectivity index (χ1) is 11.3. The lowest BCUT2D eigenvalue weighted by Crippen LogP contribution is -2.40. The van der Waals surface area contributed by atoms with Gasteiger partial charge in [0, 0.05) is 32.0 Å². The fraction of sp³-hybridized carbons (Fsp3) is 0.900. The quantitative estimate of drug-likeness (QED) is 0.604. The van der Waals surface area contributed by atoms with E-state index in [-0.39, 0.29) is 23.3 Å². The summed E-state index contributed by atoms with van der Waals surface area (Å²) < 4.78 is 0. The van der Waals surface area contributed by atoms with Crippen LogP contribution in [-0.2, 0) is 9.59 Å². The van der Waals surface area contributed by atoms with Gasteiger partial charge in [-0.25, -0.2) is 0 Å². The van der Waals surface area contributed by atoms with Crippen molar-refractivity contribution in [2.24, 2.45) is 5.41 Å². The average molecular weight is 339 g/mol. The van der Waals surface area contributed by atoms with E-state index in [1.54, 1.807) is 0 Å². The molecule has 0 radical (unpaired) electrons. The van der Waals surface area contributed by atoms with Gasteiger partial charge in [-0.2, -0.15) is 0 Å². The first-order valence-electron chi connectivity index (χ1n) is 9.91. The summed E-state index contributed by atoms with van der Waals surface area (Å²) in [6.45, 7) is 10.1. The van der Waals surface area contributed by atoms with Crippen LogP contribution in [-0.4, -0.2) is 35.8 Å². The number of hydrogen-bond acceptors (Lipinski definition) is 2. The zero-order chi connectivity index (χ0) is 18.0. The molecule has 140 valence electrons. The van der Waals surface area contributed by atoms with Crippen molar-refractivity contribution in [1.82, 2.24) is 10.2 Å². The minimum absolute atomic E-state index is 0.0782. The number of piperidine rings is 1. The Bertz CT molecular complexity index is 387. The van der Waals surface area contributed by atoms with Crippen molar-refractivity contribution >= 4 is 11.8 Å². The first kappa shape index (κ1) is 21.0. The zero-order valence-corrected chi connectivity index (χ0v) is 16.3. The molecular weight excluding hydrogens is 300 g/mol. The summed E-state index contributed by atoms with van der Waals surface area (Å²) in [4.78, 5) is 26.7. The molecule has 0 unspecified atom stereocenters. The molecule has 1 aliphatic heterocycles. The SMILES string of the molecule is CCCCCC[C@@H](C)NC(=O)CC(C)(C)CC(=O)N1CCCCC1. The summed E-state index contributed by atoms with van der Waals surface area (Å²) in [5.41, 5.74) is -0.277. The number of unbranched alkanes of at least 4 members (excludes halogenated alkanes) is 3. The molecule has 0 aromatic rings. The van der Waals surface area contributed by atoms with Crippen molar-refractivity contribution < 1.29 is 9.59 Å². The van der Waals surface area contributed by atoms with Crippen LogP contribution in [0.3, 0.4) is 0 Å². The Hall–Kier alpha value is -1.06. The molecule has 0 bridgehead atoms. The van der Waals surface area contributed by atoms with Gasteiger partial charge in [0.25, 0.3) is 0 Å². The summed E-state index contributed by atoms with van der Waals surface area (Å²) >= 11 is 0. The highest BCUT2D eigenvalue weighted by Gasteiger charge is 2.28. The maximum absolute atomic E-state index is 12.4. The van der Waals surface area contributed by atoms with Gasteiger partial charge in [-0.1, -0.05) is 46.5 Å². The van der Waals surface area contributed by atoms with E-state index in [1.807, 2.05) is 18.7 Å². The van der Waals surface area contributed by atoms with Crippen LogP contribution in [0, 0.1) is 5.41 Å². The second-order valence-corrected chi connectivity index (χ2v) is 8.28. The lowest BCUT2D eigenvalue weighted by molar-refractivity contribution is -0.135. The maximum Gasteiger partial charge on any atom is 0.223 e. The Morgan fingerprint density at radius 3 is 2.33 bits per heavy atom. The number of nitrogens with one attached hydrogen (secondary N) is 1. The van der Waals surface area contributed by atoms with Crippen molar-refractivity contribution in [3.63, 3.8) is 0 Å². The number of carbonyl (C=O) groups excluding carboxylic acids is 2. The molecule has 0 saturated carbocycles. The molecule has 1 N–H and O–H groups in total. The highest BCUT2D eigenvalue weighted by atomic mass is 16.2. The van der Waals surface area contributed by atoms with Gasteiger partial charge in [0.2, 0.25) is 11.8 Å². The summed E-state index contributed by atoms with van der Waals surface area (Å²) in [6, 6.07) is 0.225. The van der Waals surface area contributed by atoms with Gasteiger partial charge >= 0.3 is 0 Å². The van der Waals surface area contributed by atoms with Crippen molar-refractivity contribution in [2.75, 3.05) is 13.1 Å². The van der Waals surface area contributed by atoms with E-state index < -0.39 is 0 Å². The standard InChI is InChI=1S/C20H38N2O2/c1-5-6-7-9-12-17(2)21-18(23)15-20(3,4)16-19(24)22-13-10-8-11-14-22/h17H,5-16H2,1-4H3,(H,21,23)/t17-/m1/s1. The van der Waals surface area contributed by atoms with Crippen LogP contribution in [0.15, 0.2) is 0 Å². The molecule has 24 heavy (non-hydrogen) atoms. The summed E-state index contributed by atoms with van der Waals surface area (Å²) in [6.07, 6.45) is 10.3. The molecule has 1 fully saturated rings. The van der Waals surface area contributed by atoms with E-state index in [0.29, 0.717) is 12.8 Å². The predicted molar refractivity (Wildman–Crippen MR) is 99.8 cm³/mol. The Labute approximate surface area is 148 Å². The van der Waals surface area contributed by atoms with Gasteiger partial charge in [0.1, 0.15) is 0 Å². The van der Waals surface area contributed by atoms with Gasteiger partial charge in [0.05, 0.1) is 0 Å². The first-order valence-corrected chi connectivity index (χ1v) is 9.91. The van der Waals surface area contributed by atoms with Gasteiger partial charge in [0.15, 0.2) is 0 Å². The second-order valence-electron chi connectivity index (χ2n) is 8.28. The Morgan fingerprint density at radius 1 is 1.04 bits per heavy atom. The summed E-state index contributed by atoms with van der Waals surface area (Å²) in [5.74, 6) is 0.287. The van der Waals surface area contributed by atoms with Crippen molar-refractivity contribution in [3.05, 3.63) is 0 Å². The zero-order valence-electron chi connectivity index (χ0n) is 16.3. The van der Waals surface area contributed by atoms with Crippen LogP contribution in [0.1, 0.15) is 91.9 Å². The fourth-order valence-electron chi connectivity index (χ4n) is 3.44. The monoisotopic (exact) mass is 338 g/mol. The van der Waals surface area contributed by atoms with E-state index in [1.165, 1.54) is 32.1 Å². The van der Waals surface area contributed by atoms with E-state index in [9.17, 15) is 9.59 Å². The third kappa shape index (κ3) is 8.70. The smallest absolute Gasteiger partial charge is 0.223 e. The number of rotatable bonds is 10. The number of likely N-dealkylation sites (tertiary alicyclic amines) is 1. The maximum atomic E-state index is 12.4. The lowest BCUT2D eigenvalue weighted by Gasteiger charge is -2.31. The van der Waals surface area contributed by atoms with Crippen LogP contribution in [0.25, 0.3) is 0 Å². The van der Waals surface area contributed by atoms with Crippen molar-refractivity contribution in [3.8, 4) is 0 Å². The van der Waals surface area contributed by atoms with Crippen molar-refractivity contribution in [1.29, 1.82) is 0 Å². The Morgan fingerprint density at radius 2 is 1.71 bits per heavy atom. The average Bonchev–Trinajstić information content (AvgIpc) is 2.51. The van der Waals surface area contributed by atoms with Crippen LogP contribution in [0.5, 0.6) is 0 Å². The number of hydrogen-bond donors (Lipinski definition) is 1. The molecule has 0 aromatic carbocycles. The van der Waals surface area contributed by atoms with Crippen LogP contribution >= 0.6 is 0 Å². The minimum Gasteiger partial charge on any atom is -0.354 e. The topological polar surface area (TPSA) is 49.4 Å². The largest absolute Gasteiger partial charge is 0.354 e. The van der Waals surface area contributed by atoms with Gasteiger partial charge in [-0.3, -0.25) is 9.59 Å². The van der Waals surface area contributed by atoms with Gasteiger partial charge < -0.3 is 10.2 Å². The third-order valence-corrected chi connectivity index (χ3v) is 4.88. The highest BCUT2D eigenvalue weighted by Crippen LogP contribution is 2.27. The van der Waals surface area contributed by atoms with Gasteiger partial charge in [-0.05, 0) is 38.0 Å². The van der Waals surface area contributed by atoms with E-state index in [2.05, 4.69) is 19.2 Å². The Kier molecular flexibility index (Phi) is 9.38. The predicted octanol–water partition coefficient (Wildman–Crippen LogP) is 4.28. The number of carbonyl (C=O) groups is 2. The molecule has 0 spiro atoms. The molecule has 0 aliphatic carbocycles. The van der Waals surface area contributed by atoms with E-state index in [4.69, 9.17) is 0 Å². The fourth-order valence-corrected chi connectivity index (χ4v) is 3.44. The van der Waals surface area contributed by atoms with Crippen LogP contribution in [0.2, 0.25) is 0 Å². The summed E-state index contributed by atoms with van der Waals surface area (Å²) in [5, 5.41) is 3.10. The highest BCUT2D eigenvalue weighted by molar-refractivity contribution is 5.80. The molecule has 2 amide bonds. The second kappa shape index (κ2) is 10.7. The minimum atomic E-state index is -0.277. The van der Waals surface area contributed by atoms with Crippen LogP contribution < -0.4 is 5.32 Å². The molecular formula is C20H38N2O2. The van der Waals surface area contributed by atoms with Crippen molar-refractivity contribution in [2.45, 2.75) is 97.9 Å².